The highest BCUT2D eigenvalue weighted by Gasteiger charge is 2.05. The number of carbonyl (C=O) groups is 1. The Balaban J connectivity index is 2.75. The molecule has 0 heterocycles. The van der Waals surface area contributed by atoms with Crippen LogP contribution in [0.15, 0.2) is 18.2 Å². The van der Waals surface area contributed by atoms with Crippen molar-refractivity contribution in [2.24, 2.45) is 0 Å². The summed E-state index contributed by atoms with van der Waals surface area (Å²) in [7, 11) is 0. The minimum absolute atomic E-state index is 0.142. The topological polar surface area (TPSA) is 55.1 Å². The van der Waals surface area contributed by atoms with Crippen molar-refractivity contribution in [1.29, 1.82) is 0 Å². The van der Waals surface area contributed by atoms with Gasteiger partial charge in [-0.15, -0.1) is 0 Å². The maximum Gasteiger partial charge on any atom is 0.224 e. The molecule has 0 aliphatic carbocycles. The first-order valence-corrected chi connectivity index (χ1v) is 4.48. The molecule has 3 N–H and O–H groups in total. The van der Waals surface area contributed by atoms with Gasteiger partial charge in [0, 0.05) is 12.1 Å². The molecule has 76 valence electrons. The summed E-state index contributed by atoms with van der Waals surface area (Å²) in [4.78, 5) is 11.2. The van der Waals surface area contributed by atoms with E-state index in [4.69, 9.17) is 5.73 Å². The van der Waals surface area contributed by atoms with E-state index in [2.05, 4.69) is 5.32 Å². The number of benzene rings is 1. The van der Waals surface area contributed by atoms with Gasteiger partial charge in [0.25, 0.3) is 0 Å². The van der Waals surface area contributed by atoms with Crippen LogP contribution in [0.25, 0.3) is 0 Å². The zero-order valence-electron chi connectivity index (χ0n) is 8.01. The van der Waals surface area contributed by atoms with Gasteiger partial charge in [-0.2, -0.15) is 0 Å². The highest BCUT2D eigenvalue weighted by Crippen LogP contribution is 2.17. The quantitative estimate of drug-likeness (QED) is 0.728. The molecule has 0 aliphatic heterocycles. The number of nitrogens with two attached hydrogens (primary N) is 1. The average molecular weight is 196 g/mol. The predicted octanol–water partition coefficient (Wildman–Crippen LogP) is 2.15. The number of carbonyl (C=O) groups excluding carboxylic acids is 1. The third kappa shape index (κ3) is 2.73. The van der Waals surface area contributed by atoms with Crippen molar-refractivity contribution in [3.63, 3.8) is 0 Å². The summed E-state index contributed by atoms with van der Waals surface area (Å²) in [5, 5.41) is 2.46. The summed E-state index contributed by atoms with van der Waals surface area (Å²) >= 11 is 0. The Morgan fingerprint density at radius 2 is 2.29 bits per heavy atom. The molecule has 3 nitrogen and oxygen atoms in total. The fourth-order valence-electron chi connectivity index (χ4n) is 1.08. The summed E-state index contributed by atoms with van der Waals surface area (Å²) in [6.45, 7) is 1.88. The Morgan fingerprint density at radius 3 is 2.93 bits per heavy atom. The molecule has 0 fully saturated rings. The Morgan fingerprint density at radius 1 is 1.57 bits per heavy atom. The fraction of sp³-hybridized carbons (Fsp3) is 0.300. The summed E-state index contributed by atoms with van der Waals surface area (Å²) < 4.78 is 13.1. The largest absolute Gasteiger partial charge is 0.399 e. The van der Waals surface area contributed by atoms with Crippen molar-refractivity contribution in [1.82, 2.24) is 0 Å². The lowest BCUT2D eigenvalue weighted by atomic mass is 10.2. The highest BCUT2D eigenvalue weighted by atomic mass is 19.1. The van der Waals surface area contributed by atoms with Crippen molar-refractivity contribution in [2.45, 2.75) is 19.8 Å². The SMILES string of the molecule is CCCC(=O)Nc1cc(N)ccc1F. The van der Waals surface area contributed by atoms with E-state index in [1.54, 1.807) is 0 Å². The molecule has 0 saturated carbocycles. The first kappa shape index (κ1) is 10.5. The number of amides is 1. The summed E-state index contributed by atoms with van der Waals surface area (Å²) in [6, 6.07) is 4.09. The highest BCUT2D eigenvalue weighted by molar-refractivity contribution is 5.91. The van der Waals surface area contributed by atoms with E-state index < -0.39 is 5.82 Å². The molecule has 0 unspecified atom stereocenters. The maximum atomic E-state index is 13.1. The number of nitrogens with one attached hydrogen (secondary N) is 1. The normalized spacial score (nSPS) is 9.86. The van der Waals surface area contributed by atoms with Gasteiger partial charge in [0.15, 0.2) is 0 Å². The maximum absolute atomic E-state index is 13.1. The minimum Gasteiger partial charge on any atom is -0.399 e. The van der Waals surface area contributed by atoms with Crippen molar-refractivity contribution in [2.75, 3.05) is 11.1 Å². The van der Waals surface area contributed by atoms with Crippen LogP contribution in [0.5, 0.6) is 0 Å². The Kier molecular flexibility index (Phi) is 3.45. The average Bonchev–Trinajstić information content (AvgIpc) is 2.12. The molecule has 1 aromatic rings. The van der Waals surface area contributed by atoms with Crippen molar-refractivity contribution >= 4 is 17.3 Å². The van der Waals surface area contributed by atoms with Gasteiger partial charge in [-0.25, -0.2) is 4.39 Å². The van der Waals surface area contributed by atoms with Gasteiger partial charge < -0.3 is 11.1 Å². The van der Waals surface area contributed by atoms with Gasteiger partial charge in [0.2, 0.25) is 5.91 Å². The lowest BCUT2D eigenvalue weighted by Gasteiger charge is -2.06. The molecule has 1 rings (SSSR count). The summed E-state index contributed by atoms with van der Waals surface area (Å²) in [6.07, 6.45) is 1.12. The number of nitrogen functional groups attached to an aromatic ring is 1. The van der Waals surface area contributed by atoms with Gasteiger partial charge >= 0.3 is 0 Å². The van der Waals surface area contributed by atoms with E-state index in [0.717, 1.165) is 6.42 Å². The van der Waals surface area contributed by atoms with Gasteiger partial charge in [-0.1, -0.05) is 6.92 Å². The van der Waals surface area contributed by atoms with Gasteiger partial charge in [0.05, 0.1) is 5.69 Å². The first-order chi connectivity index (χ1) is 6.63. The Labute approximate surface area is 82.1 Å². The van der Waals surface area contributed by atoms with Crippen LogP contribution in [0.2, 0.25) is 0 Å². The van der Waals surface area contributed by atoms with E-state index in [-0.39, 0.29) is 11.6 Å². The zero-order valence-corrected chi connectivity index (χ0v) is 8.01. The summed E-state index contributed by atoms with van der Waals surface area (Å²) in [5.41, 5.74) is 6.03. The molecule has 0 radical (unpaired) electrons. The molecule has 0 aliphatic rings. The van der Waals surface area contributed by atoms with Crippen LogP contribution in [0, 0.1) is 5.82 Å². The smallest absolute Gasteiger partial charge is 0.224 e. The van der Waals surface area contributed by atoms with Crippen LogP contribution < -0.4 is 11.1 Å². The van der Waals surface area contributed by atoms with E-state index in [0.29, 0.717) is 12.1 Å². The zero-order chi connectivity index (χ0) is 10.6. The number of halogens is 1. The number of rotatable bonds is 3. The third-order valence-electron chi connectivity index (χ3n) is 1.74. The van der Waals surface area contributed by atoms with E-state index in [1.807, 2.05) is 6.92 Å². The number of anilines is 2. The number of hydrogen-bond donors (Lipinski definition) is 2. The van der Waals surface area contributed by atoms with Crippen molar-refractivity contribution in [3.05, 3.63) is 24.0 Å². The van der Waals surface area contributed by atoms with Crippen LogP contribution in [0.1, 0.15) is 19.8 Å². The third-order valence-corrected chi connectivity index (χ3v) is 1.74. The standard InChI is InChI=1S/C10H13FN2O/c1-2-3-10(14)13-9-6-7(12)4-5-8(9)11/h4-6H,2-3,12H2,1H3,(H,13,14). The second kappa shape index (κ2) is 4.60. The van der Waals surface area contributed by atoms with Crippen LogP contribution in [0.3, 0.4) is 0 Å². The Hall–Kier alpha value is -1.58. The molecular formula is C10H13FN2O. The molecule has 0 bridgehead atoms. The monoisotopic (exact) mass is 196 g/mol. The van der Waals surface area contributed by atoms with E-state index in [9.17, 15) is 9.18 Å². The predicted molar refractivity (Wildman–Crippen MR) is 54.4 cm³/mol. The van der Waals surface area contributed by atoms with Crippen molar-refractivity contribution < 1.29 is 9.18 Å². The molecular weight excluding hydrogens is 183 g/mol. The molecule has 1 aromatic carbocycles. The molecule has 0 spiro atoms. The molecule has 0 saturated heterocycles. The van der Waals surface area contributed by atoms with Gasteiger partial charge in [0.1, 0.15) is 5.82 Å². The first-order valence-electron chi connectivity index (χ1n) is 4.48. The van der Waals surface area contributed by atoms with Crippen LogP contribution in [-0.4, -0.2) is 5.91 Å². The van der Waals surface area contributed by atoms with Gasteiger partial charge in [-0.3, -0.25) is 4.79 Å². The number of hydrogen-bond acceptors (Lipinski definition) is 2. The van der Waals surface area contributed by atoms with Crippen LogP contribution >= 0.6 is 0 Å². The Bertz CT molecular complexity index is 339. The second-order valence-corrected chi connectivity index (χ2v) is 3.04. The van der Waals surface area contributed by atoms with Gasteiger partial charge in [-0.05, 0) is 24.6 Å². The minimum atomic E-state index is -0.469. The molecule has 0 aromatic heterocycles. The van der Waals surface area contributed by atoms with Crippen LogP contribution in [0.4, 0.5) is 15.8 Å². The van der Waals surface area contributed by atoms with Crippen molar-refractivity contribution in [3.8, 4) is 0 Å². The molecule has 14 heavy (non-hydrogen) atoms. The van der Waals surface area contributed by atoms with E-state index in [1.165, 1.54) is 18.2 Å². The van der Waals surface area contributed by atoms with Crippen LogP contribution in [-0.2, 0) is 4.79 Å². The second-order valence-electron chi connectivity index (χ2n) is 3.04. The molecule has 0 atom stereocenters. The molecule has 1 amide bonds. The molecule has 4 heteroatoms. The lowest BCUT2D eigenvalue weighted by Crippen LogP contribution is -2.12. The fourth-order valence-corrected chi connectivity index (χ4v) is 1.08. The summed E-state index contributed by atoms with van der Waals surface area (Å²) in [5.74, 6) is -0.666. The van der Waals surface area contributed by atoms with E-state index >= 15 is 0 Å². The lowest BCUT2D eigenvalue weighted by molar-refractivity contribution is -0.116.